The molecule has 0 bridgehead atoms. The van der Waals surface area contributed by atoms with Crippen molar-refractivity contribution in [3.8, 4) is 0 Å². The lowest BCUT2D eigenvalue weighted by Crippen LogP contribution is -2.50. The average molecular weight is 377 g/mol. The zero-order valence-corrected chi connectivity index (χ0v) is 16.1. The van der Waals surface area contributed by atoms with Gasteiger partial charge in [-0.25, -0.2) is 9.78 Å². The molecule has 0 aliphatic heterocycles. The molecule has 2 aromatic heterocycles. The summed E-state index contributed by atoms with van der Waals surface area (Å²) < 4.78 is 6.15. The Kier molecular flexibility index (Phi) is 5.13. The highest BCUT2D eigenvalue weighted by Crippen LogP contribution is 2.33. The van der Waals surface area contributed by atoms with Gasteiger partial charge in [0.05, 0.1) is 18.8 Å². The van der Waals surface area contributed by atoms with E-state index in [1.54, 1.807) is 25.2 Å². The van der Waals surface area contributed by atoms with Crippen LogP contribution in [0.2, 0.25) is 0 Å². The van der Waals surface area contributed by atoms with Gasteiger partial charge in [0, 0.05) is 17.8 Å². The molecule has 7 nitrogen and oxygen atoms in total. The molecule has 2 heterocycles. The van der Waals surface area contributed by atoms with Crippen molar-refractivity contribution >= 4 is 33.4 Å². The second-order valence-electron chi connectivity index (χ2n) is 7.05. The smallest absolute Gasteiger partial charge is 0.330 e. The quantitative estimate of drug-likeness (QED) is 0.803. The molecule has 1 aliphatic carbocycles. The highest BCUT2D eigenvalue weighted by Gasteiger charge is 2.30. The van der Waals surface area contributed by atoms with Crippen molar-refractivity contribution in [2.45, 2.75) is 58.0 Å². The number of esters is 1. The summed E-state index contributed by atoms with van der Waals surface area (Å²) in [5.74, 6) is -0.837. The first-order valence-electron chi connectivity index (χ1n) is 8.72. The summed E-state index contributed by atoms with van der Waals surface area (Å²) >= 11 is 1.61. The Morgan fingerprint density at radius 1 is 1.35 bits per heavy atom. The molecule has 0 radical (unpaired) electrons. The maximum Gasteiger partial charge on any atom is 0.330 e. The van der Waals surface area contributed by atoms with Gasteiger partial charge in [0.25, 0.3) is 5.56 Å². The van der Waals surface area contributed by atoms with Gasteiger partial charge in [-0.15, -0.1) is 11.3 Å². The number of ether oxygens (including phenoxy) is 1. The van der Waals surface area contributed by atoms with E-state index in [4.69, 9.17) is 0 Å². The molecular formula is C18H23N3O4S. The average Bonchev–Trinajstić information content (AvgIpc) is 2.99. The molecule has 1 aliphatic rings. The lowest BCUT2D eigenvalue weighted by atomic mass is 9.97. The monoisotopic (exact) mass is 377 g/mol. The maximum absolute atomic E-state index is 12.8. The molecule has 0 atom stereocenters. The molecule has 0 saturated heterocycles. The Labute approximate surface area is 155 Å². The number of nitrogens with zero attached hydrogens (tertiary/aromatic N) is 2. The maximum atomic E-state index is 12.8. The first-order chi connectivity index (χ1) is 12.3. The standard InChI is InChI=1S/C18H23N3O4S/c1-18(2,17(24)25-3)20-13(22)8-9-21-10-19-15-14(16(21)23)11-6-4-5-7-12(11)26-15/h10H,4-9H2,1-3H3,(H,20,22). The number of rotatable bonds is 5. The number of carbonyl (C=O) groups is 2. The number of carbonyl (C=O) groups excluding carboxylic acids is 2. The molecule has 0 aromatic carbocycles. The zero-order valence-electron chi connectivity index (χ0n) is 15.3. The Bertz CT molecular complexity index is 913. The predicted octanol–water partition coefficient (Wildman–Crippen LogP) is 1.79. The summed E-state index contributed by atoms with van der Waals surface area (Å²) in [6.45, 7) is 3.37. The minimum Gasteiger partial charge on any atom is -0.467 e. The van der Waals surface area contributed by atoms with Crippen molar-refractivity contribution in [3.05, 3.63) is 27.1 Å². The topological polar surface area (TPSA) is 90.3 Å². The van der Waals surface area contributed by atoms with Crippen LogP contribution in [0.3, 0.4) is 0 Å². The van der Waals surface area contributed by atoms with E-state index >= 15 is 0 Å². The van der Waals surface area contributed by atoms with E-state index in [9.17, 15) is 14.4 Å². The van der Waals surface area contributed by atoms with Crippen molar-refractivity contribution in [2.24, 2.45) is 0 Å². The first kappa shape index (κ1) is 18.6. The third kappa shape index (κ3) is 3.51. The Balaban J connectivity index is 1.75. The molecule has 0 spiro atoms. The van der Waals surface area contributed by atoms with E-state index in [1.807, 2.05) is 0 Å². The number of hydrogen-bond donors (Lipinski definition) is 1. The number of nitrogens with one attached hydrogen (secondary N) is 1. The molecule has 8 heteroatoms. The van der Waals surface area contributed by atoms with Crippen molar-refractivity contribution in [1.29, 1.82) is 0 Å². The molecule has 3 rings (SSSR count). The minimum absolute atomic E-state index is 0.0832. The lowest BCUT2D eigenvalue weighted by Gasteiger charge is -2.23. The van der Waals surface area contributed by atoms with Crippen molar-refractivity contribution in [2.75, 3.05) is 7.11 Å². The normalized spacial score (nSPS) is 14.1. The van der Waals surface area contributed by atoms with Crippen LogP contribution in [0, 0.1) is 0 Å². The highest BCUT2D eigenvalue weighted by molar-refractivity contribution is 7.18. The predicted molar refractivity (Wildman–Crippen MR) is 99.4 cm³/mol. The Morgan fingerprint density at radius 2 is 2.08 bits per heavy atom. The highest BCUT2D eigenvalue weighted by atomic mass is 32.1. The van der Waals surface area contributed by atoms with E-state index in [0.717, 1.165) is 36.1 Å². The molecule has 2 aromatic rings. The molecule has 0 fully saturated rings. The van der Waals surface area contributed by atoms with Gasteiger partial charge in [-0.3, -0.25) is 14.2 Å². The summed E-state index contributed by atoms with van der Waals surface area (Å²) in [4.78, 5) is 43.1. The van der Waals surface area contributed by atoms with Crippen LogP contribution in [0.15, 0.2) is 11.1 Å². The van der Waals surface area contributed by atoms with Gasteiger partial charge >= 0.3 is 5.97 Å². The van der Waals surface area contributed by atoms with Gasteiger partial charge < -0.3 is 10.1 Å². The van der Waals surface area contributed by atoms with Crippen LogP contribution in [-0.2, 0) is 33.7 Å². The van der Waals surface area contributed by atoms with Gasteiger partial charge in [0.15, 0.2) is 0 Å². The van der Waals surface area contributed by atoms with E-state index < -0.39 is 11.5 Å². The Morgan fingerprint density at radius 3 is 2.81 bits per heavy atom. The summed E-state index contributed by atoms with van der Waals surface area (Å²) in [6.07, 6.45) is 5.78. The number of amides is 1. The second kappa shape index (κ2) is 7.19. The number of fused-ring (bicyclic) bond motifs is 3. The van der Waals surface area contributed by atoms with Gasteiger partial charge in [0.2, 0.25) is 5.91 Å². The summed E-state index contributed by atoms with van der Waals surface area (Å²) in [7, 11) is 1.28. The Hall–Kier alpha value is -2.22. The number of aromatic nitrogens is 2. The van der Waals surface area contributed by atoms with Crippen LogP contribution < -0.4 is 10.9 Å². The van der Waals surface area contributed by atoms with Crippen molar-refractivity contribution in [1.82, 2.24) is 14.9 Å². The van der Waals surface area contributed by atoms with Crippen molar-refractivity contribution in [3.63, 3.8) is 0 Å². The third-order valence-corrected chi connectivity index (χ3v) is 5.87. The molecule has 140 valence electrons. The second-order valence-corrected chi connectivity index (χ2v) is 8.13. The van der Waals surface area contributed by atoms with E-state index in [0.29, 0.717) is 5.39 Å². The largest absolute Gasteiger partial charge is 0.467 e. The molecule has 26 heavy (non-hydrogen) atoms. The number of thiophene rings is 1. The van der Waals surface area contributed by atoms with Gasteiger partial charge in [-0.05, 0) is 45.1 Å². The first-order valence-corrected chi connectivity index (χ1v) is 9.54. The van der Waals surface area contributed by atoms with Crippen LogP contribution in [0.5, 0.6) is 0 Å². The van der Waals surface area contributed by atoms with Gasteiger partial charge in [-0.1, -0.05) is 0 Å². The van der Waals surface area contributed by atoms with E-state index in [-0.39, 0.29) is 24.4 Å². The van der Waals surface area contributed by atoms with Crippen LogP contribution in [0.1, 0.15) is 43.6 Å². The third-order valence-electron chi connectivity index (χ3n) is 4.67. The molecule has 1 N–H and O–H groups in total. The fourth-order valence-electron chi connectivity index (χ4n) is 3.28. The fraction of sp³-hybridized carbons (Fsp3) is 0.556. The van der Waals surface area contributed by atoms with E-state index in [2.05, 4.69) is 15.0 Å². The van der Waals surface area contributed by atoms with Crippen LogP contribution in [0.25, 0.3) is 10.2 Å². The van der Waals surface area contributed by atoms with Crippen LogP contribution in [0.4, 0.5) is 0 Å². The summed E-state index contributed by atoms with van der Waals surface area (Å²) in [6, 6.07) is 0. The van der Waals surface area contributed by atoms with E-state index in [1.165, 1.54) is 22.9 Å². The number of aryl methyl sites for hydroxylation is 3. The van der Waals surface area contributed by atoms with Gasteiger partial charge in [-0.2, -0.15) is 0 Å². The van der Waals surface area contributed by atoms with Crippen LogP contribution >= 0.6 is 11.3 Å². The number of hydrogen-bond acceptors (Lipinski definition) is 6. The lowest BCUT2D eigenvalue weighted by molar-refractivity contribution is -0.149. The van der Waals surface area contributed by atoms with Crippen molar-refractivity contribution < 1.29 is 14.3 Å². The zero-order chi connectivity index (χ0) is 18.9. The summed E-state index contributed by atoms with van der Waals surface area (Å²) in [5, 5.41) is 3.34. The molecule has 0 unspecified atom stereocenters. The molecule has 1 amide bonds. The number of methoxy groups -OCH3 is 1. The van der Waals surface area contributed by atoms with Crippen LogP contribution in [-0.4, -0.2) is 34.1 Å². The minimum atomic E-state index is -1.11. The molecular weight excluding hydrogens is 354 g/mol. The van der Waals surface area contributed by atoms with Gasteiger partial charge in [0.1, 0.15) is 10.4 Å². The SMILES string of the molecule is COC(=O)C(C)(C)NC(=O)CCn1cnc2sc3c(c2c1=O)CCCC3. The molecule has 0 saturated carbocycles. The fourth-order valence-corrected chi connectivity index (χ4v) is 4.50. The summed E-state index contributed by atoms with van der Waals surface area (Å²) in [5.41, 5.74) is -0.0559.